The molecule has 0 aliphatic rings. The van der Waals surface area contributed by atoms with Gasteiger partial charge >= 0.3 is 5.97 Å². The number of carboxylic acids is 1. The third-order valence-corrected chi connectivity index (χ3v) is 2.42. The summed E-state index contributed by atoms with van der Waals surface area (Å²) in [7, 11) is 0. The Morgan fingerprint density at radius 1 is 1.50 bits per heavy atom. The summed E-state index contributed by atoms with van der Waals surface area (Å²) in [5.41, 5.74) is 0.0269. The van der Waals surface area contributed by atoms with Gasteiger partial charge in [-0.2, -0.15) is 0 Å². The smallest absolute Gasteiger partial charge is 0.305 e. The number of carboxylic acid groups (broad SMARTS) is 1. The molecule has 0 aliphatic heterocycles. The molecule has 1 unspecified atom stereocenters. The fraction of sp³-hybridized carbons (Fsp3) is 0.583. The second-order valence-electron chi connectivity index (χ2n) is 5.43. The predicted octanol–water partition coefficient (Wildman–Crippen LogP) is 2.82. The first-order chi connectivity index (χ1) is 8.26. The lowest BCUT2D eigenvalue weighted by Gasteiger charge is -2.26. The van der Waals surface area contributed by atoms with Crippen molar-refractivity contribution in [2.75, 3.05) is 5.32 Å². The summed E-state index contributed by atoms with van der Waals surface area (Å²) >= 11 is 5.74. The molecule has 18 heavy (non-hydrogen) atoms. The van der Waals surface area contributed by atoms with E-state index in [1.807, 2.05) is 0 Å². The summed E-state index contributed by atoms with van der Waals surface area (Å²) in [4.78, 5) is 18.8. The van der Waals surface area contributed by atoms with E-state index in [9.17, 15) is 4.79 Å². The highest BCUT2D eigenvalue weighted by Crippen LogP contribution is 2.24. The molecule has 0 aliphatic carbocycles. The minimum atomic E-state index is -0.841. The van der Waals surface area contributed by atoms with Crippen molar-refractivity contribution in [1.29, 1.82) is 0 Å². The van der Waals surface area contributed by atoms with Gasteiger partial charge in [0.1, 0.15) is 11.0 Å². The molecule has 2 N–H and O–H groups in total. The Kier molecular flexibility index (Phi) is 4.90. The molecule has 0 bridgehead atoms. The van der Waals surface area contributed by atoms with E-state index < -0.39 is 5.97 Å². The zero-order valence-electron chi connectivity index (χ0n) is 10.8. The summed E-state index contributed by atoms with van der Waals surface area (Å²) in [5.74, 6) is -0.343. The minimum Gasteiger partial charge on any atom is -0.481 e. The Labute approximate surface area is 112 Å². The van der Waals surface area contributed by atoms with Crippen LogP contribution in [0.25, 0.3) is 0 Å². The van der Waals surface area contributed by atoms with E-state index in [1.54, 1.807) is 0 Å². The number of rotatable bonds is 5. The highest BCUT2D eigenvalue weighted by molar-refractivity contribution is 6.29. The standard InChI is InChI=1S/C12H18ClN3O2/c1-12(2,3)5-8(4-11(17)18)15-10-7-14-6-9(13)16-10/h6-8H,4-5H2,1-3H3,(H,15,16)(H,17,18). The van der Waals surface area contributed by atoms with Gasteiger partial charge in [-0.3, -0.25) is 9.78 Å². The Balaban J connectivity index is 2.74. The van der Waals surface area contributed by atoms with E-state index in [0.29, 0.717) is 12.2 Å². The molecule has 1 aromatic heterocycles. The van der Waals surface area contributed by atoms with Gasteiger partial charge in [0.2, 0.25) is 0 Å². The summed E-state index contributed by atoms with van der Waals surface area (Å²) in [6, 6.07) is -0.199. The van der Waals surface area contributed by atoms with Crippen molar-refractivity contribution in [3.63, 3.8) is 0 Å². The number of aliphatic carboxylic acids is 1. The number of halogens is 1. The van der Waals surface area contributed by atoms with Crippen LogP contribution in [0.1, 0.15) is 33.6 Å². The first-order valence-corrected chi connectivity index (χ1v) is 6.10. The van der Waals surface area contributed by atoms with Crippen molar-refractivity contribution in [3.05, 3.63) is 17.5 Å². The molecule has 0 amide bonds. The van der Waals surface area contributed by atoms with Crippen molar-refractivity contribution in [2.24, 2.45) is 5.41 Å². The first kappa shape index (κ1) is 14.7. The van der Waals surface area contributed by atoms with Gasteiger partial charge in [0, 0.05) is 6.04 Å². The minimum absolute atomic E-state index is 0.0269. The third-order valence-electron chi connectivity index (χ3n) is 2.24. The van der Waals surface area contributed by atoms with Crippen LogP contribution in [-0.4, -0.2) is 27.1 Å². The van der Waals surface area contributed by atoms with Gasteiger partial charge in [-0.15, -0.1) is 0 Å². The highest BCUT2D eigenvalue weighted by atomic mass is 35.5. The van der Waals surface area contributed by atoms with E-state index in [2.05, 4.69) is 36.1 Å². The Bertz CT molecular complexity index is 418. The number of hydrogen-bond acceptors (Lipinski definition) is 4. The van der Waals surface area contributed by atoms with Gasteiger partial charge in [-0.1, -0.05) is 32.4 Å². The molecule has 0 fully saturated rings. The van der Waals surface area contributed by atoms with Crippen molar-refractivity contribution in [3.8, 4) is 0 Å². The summed E-state index contributed by atoms with van der Waals surface area (Å²) in [6.07, 6.45) is 3.71. The Hall–Kier alpha value is -1.36. The largest absolute Gasteiger partial charge is 0.481 e. The van der Waals surface area contributed by atoms with E-state index in [0.717, 1.165) is 0 Å². The quantitative estimate of drug-likeness (QED) is 0.861. The zero-order chi connectivity index (χ0) is 13.8. The molecule has 1 atom stereocenters. The second-order valence-corrected chi connectivity index (χ2v) is 5.82. The molecule has 0 saturated carbocycles. The van der Waals surface area contributed by atoms with E-state index in [4.69, 9.17) is 16.7 Å². The monoisotopic (exact) mass is 271 g/mol. The molecule has 0 radical (unpaired) electrons. The van der Waals surface area contributed by atoms with E-state index in [1.165, 1.54) is 12.4 Å². The van der Waals surface area contributed by atoms with Crippen molar-refractivity contribution < 1.29 is 9.90 Å². The van der Waals surface area contributed by atoms with Crippen LogP contribution in [-0.2, 0) is 4.79 Å². The molecule has 1 rings (SSSR count). The lowest BCUT2D eigenvalue weighted by Crippen LogP contribution is -2.28. The lowest BCUT2D eigenvalue weighted by atomic mass is 9.87. The summed E-state index contributed by atoms with van der Waals surface area (Å²) in [6.45, 7) is 6.19. The van der Waals surface area contributed by atoms with Crippen LogP contribution in [0.3, 0.4) is 0 Å². The number of carbonyl (C=O) groups is 1. The number of nitrogens with zero attached hydrogens (tertiary/aromatic N) is 2. The maximum atomic E-state index is 10.9. The SMILES string of the molecule is CC(C)(C)CC(CC(=O)O)Nc1cncc(Cl)n1. The fourth-order valence-corrected chi connectivity index (χ4v) is 1.89. The first-order valence-electron chi connectivity index (χ1n) is 5.72. The highest BCUT2D eigenvalue weighted by Gasteiger charge is 2.21. The topological polar surface area (TPSA) is 75.1 Å². The van der Waals surface area contributed by atoms with E-state index >= 15 is 0 Å². The Morgan fingerprint density at radius 3 is 2.67 bits per heavy atom. The zero-order valence-corrected chi connectivity index (χ0v) is 11.5. The van der Waals surface area contributed by atoms with Crippen LogP contribution < -0.4 is 5.32 Å². The lowest BCUT2D eigenvalue weighted by molar-refractivity contribution is -0.137. The molecule has 1 aromatic rings. The van der Waals surface area contributed by atoms with Crippen LogP contribution in [0.2, 0.25) is 5.15 Å². The summed E-state index contributed by atoms with van der Waals surface area (Å²) in [5, 5.41) is 12.3. The van der Waals surface area contributed by atoms with Crippen LogP contribution in [0.5, 0.6) is 0 Å². The predicted molar refractivity (Wildman–Crippen MR) is 70.8 cm³/mol. The molecule has 1 heterocycles. The molecule has 0 spiro atoms. The third kappa shape index (κ3) is 5.82. The maximum Gasteiger partial charge on any atom is 0.305 e. The van der Waals surface area contributed by atoms with Gasteiger partial charge < -0.3 is 10.4 Å². The van der Waals surface area contributed by atoms with Gasteiger partial charge in [-0.25, -0.2) is 4.98 Å². The van der Waals surface area contributed by atoms with Crippen LogP contribution in [0, 0.1) is 5.41 Å². The van der Waals surface area contributed by atoms with Crippen LogP contribution in [0.4, 0.5) is 5.82 Å². The molecule has 100 valence electrons. The average Bonchev–Trinajstić information content (AvgIpc) is 2.12. The molecular formula is C12H18ClN3O2. The van der Waals surface area contributed by atoms with Crippen molar-refractivity contribution in [1.82, 2.24) is 9.97 Å². The van der Waals surface area contributed by atoms with Crippen LogP contribution >= 0.6 is 11.6 Å². The van der Waals surface area contributed by atoms with Gasteiger partial charge in [0.05, 0.1) is 18.8 Å². The molecule has 5 nitrogen and oxygen atoms in total. The van der Waals surface area contributed by atoms with Crippen LogP contribution in [0.15, 0.2) is 12.4 Å². The van der Waals surface area contributed by atoms with E-state index in [-0.39, 0.29) is 23.0 Å². The van der Waals surface area contributed by atoms with Gasteiger partial charge in [-0.05, 0) is 11.8 Å². The van der Waals surface area contributed by atoms with Crippen molar-refractivity contribution >= 4 is 23.4 Å². The number of nitrogens with one attached hydrogen (secondary N) is 1. The maximum absolute atomic E-state index is 10.9. The molecule has 6 heteroatoms. The number of aromatic nitrogens is 2. The fourth-order valence-electron chi connectivity index (χ4n) is 1.75. The molecule has 0 saturated heterocycles. The summed E-state index contributed by atoms with van der Waals surface area (Å²) < 4.78 is 0. The van der Waals surface area contributed by atoms with Gasteiger partial charge in [0.15, 0.2) is 0 Å². The average molecular weight is 272 g/mol. The number of hydrogen-bond donors (Lipinski definition) is 2. The Morgan fingerprint density at radius 2 is 2.17 bits per heavy atom. The van der Waals surface area contributed by atoms with Gasteiger partial charge in [0.25, 0.3) is 0 Å². The normalized spacial score (nSPS) is 13.1. The number of anilines is 1. The van der Waals surface area contributed by atoms with Crippen molar-refractivity contribution in [2.45, 2.75) is 39.7 Å². The second kappa shape index (κ2) is 6.00. The molecular weight excluding hydrogens is 254 g/mol. The molecule has 0 aromatic carbocycles.